The number of benzene rings is 1. The molecule has 26 heavy (non-hydrogen) atoms. The zero-order valence-corrected chi connectivity index (χ0v) is 17.9. The quantitative estimate of drug-likeness (QED) is 0.386. The minimum Gasteiger partial charge on any atom is -0.0836 e. The highest BCUT2D eigenvalue weighted by Gasteiger charge is 2.47. The molecule has 0 saturated carbocycles. The van der Waals surface area contributed by atoms with Gasteiger partial charge in [-0.05, 0) is 97.8 Å². The molecule has 134 valence electrons. The van der Waals surface area contributed by atoms with Crippen LogP contribution in [0.2, 0.25) is 0 Å². The molecule has 1 heteroatoms. The van der Waals surface area contributed by atoms with Gasteiger partial charge in [-0.25, -0.2) is 0 Å². The molecule has 0 bridgehead atoms. The molecule has 3 unspecified atom stereocenters. The summed E-state index contributed by atoms with van der Waals surface area (Å²) >= 11 is 2.55. The summed E-state index contributed by atoms with van der Waals surface area (Å²) in [4.78, 5) is 0. The Balaban J connectivity index is 1.49. The van der Waals surface area contributed by atoms with Gasteiger partial charge >= 0.3 is 0 Å². The van der Waals surface area contributed by atoms with Crippen LogP contribution in [-0.2, 0) is 5.41 Å². The average molecular weight is 454 g/mol. The van der Waals surface area contributed by atoms with Crippen molar-refractivity contribution in [3.63, 3.8) is 0 Å². The minimum atomic E-state index is 0.289. The standard InChI is InChI=1S/C25H27I/c1-25(2)23-14-19(18-8-7-16-5-3-4-6-17(16)13-18)9-11-21(23)22-12-10-20(26)15-24(22)25/h3,5,7-11,14,18,22,24H,4,6,12-13,15H2,1-2H3. The van der Waals surface area contributed by atoms with Gasteiger partial charge in [0.25, 0.3) is 0 Å². The summed E-state index contributed by atoms with van der Waals surface area (Å²) in [5.41, 5.74) is 8.20. The topological polar surface area (TPSA) is 0 Å². The summed E-state index contributed by atoms with van der Waals surface area (Å²) in [5.74, 6) is 2.05. The second-order valence-corrected chi connectivity index (χ2v) is 10.4. The van der Waals surface area contributed by atoms with Crippen molar-refractivity contribution >= 4 is 22.6 Å². The fourth-order valence-corrected chi connectivity index (χ4v) is 6.48. The van der Waals surface area contributed by atoms with Gasteiger partial charge in [-0.15, -0.1) is 0 Å². The fraction of sp³-hybridized carbons (Fsp3) is 0.440. The first kappa shape index (κ1) is 17.0. The smallest absolute Gasteiger partial charge is 0.00589 e. The van der Waals surface area contributed by atoms with Crippen LogP contribution in [0, 0.1) is 5.92 Å². The molecule has 5 rings (SSSR count). The first-order valence-electron chi connectivity index (χ1n) is 10.1. The molecule has 0 radical (unpaired) electrons. The molecule has 1 aromatic carbocycles. The van der Waals surface area contributed by atoms with Gasteiger partial charge in [0.05, 0.1) is 0 Å². The summed E-state index contributed by atoms with van der Waals surface area (Å²) in [6.45, 7) is 4.97. The van der Waals surface area contributed by atoms with Crippen molar-refractivity contribution in [2.45, 2.75) is 63.2 Å². The van der Waals surface area contributed by atoms with E-state index in [1.165, 1.54) is 43.2 Å². The van der Waals surface area contributed by atoms with Crippen molar-refractivity contribution in [1.82, 2.24) is 0 Å². The number of hydrogen-bond acceptors (Lipinski definition) is 0. The van der Waals surface area contributed by atoms with Crippen molar-refractivity contribution in [1.29, 1.82) is 0 Å². The van der Waals surface area contributed by atoms with E-state index >= 15 is 0 Å². The molecule has 1 aromatic rings. The monoisotopic (exact) mass is 454 g/mol. The number of allylic oxidation sites excluding steroid dienone is 8. The van der Waals surface area contributed by atoms with Gasteiger partial charge < -0.3 is 0 Å². The lowest BCUT2D eigenvalue weighted by Gasteiger charge is -2.34. The normalized spacial score (nSPS) is 31.3. The minimum absolute atomic E-state index is 0.289. The number of fused-ring (bicyclic) bond motifs is 3. The Morgan fingerprint density at radius 2 is 2.00 bits per heavy atom. The molecular formula is C25H27I. The summed E-state index contributed by atoms with van der Waals surface area (Å²) in [6.07, 6.45) is 18.1. The SMILES string of the molecule is CC1(C)c2cc(C3C=CC4=C(CCC=C4)C3)ccc2C2CC=C(I)CC21. The largest absolute Gasteiger partial charge is 0.0836 e. The first-order valence-corrected chi connectivity index (χ1v) is 11.2. The van der Waals surface area contributed by atoms with E-state index < -0.39 is 0 Å². The second kappa shape index (κ2) is 6.22. The molecule has 0 heterocycles. The average Bonchev–Trinajstić information content (AvgIpc) is 2.88. The predicted octanol–water partition coefficient (Wildman–Crippen LogP) is 7.48. The molecule has 0 nitrogen and oxygen atoms in total. The Morgan fingerprint density at radius 3 is 2.88 bits per heavy atom. The van der Waals surface area contributed by atoms with Crippen molar-refractivity contribution < 1.29 is 0 Å². The van der Waals surface area contributed by atoms with E-state index in [0.717, 1.165) is 11.8 Å². The van der Waals surface area contributed by atoms with E-state index in [0.29, 0.717) is 5.92 Å². The third-order valence-corrected chi connectivity index (χ3v) is 8.19. The molecule has 0 N–H and O–H groups in total. The molecule has 0 fully saturated rings. The van der Waals surface area contributed by atoms with E-state index in [1.807, 2.05) is 0 Å². The summed E-state index contributed by atoms with van der Waals surface area (Å²) in [6, 6.07) is 7.47. The van der Waals surface area contributed by atoms with Gasteiger partial charge in [0.1, 0.15) is 0 Å². The van der Waals surface area contributed by atoms with Crippen LogP contribution in [0.3, 0.4) is 0 Å². The maximum Gasteiger partial charge on any atom is 0.00589 e. The first-order chi connectivity index (χ1) is 12.5. The lowest BCUT2D eigenvalue weighted by Crippen LogP contribution is -2.27. The molecule has 3 atom stereocenters. The van der Waals surface area contributed by atoms with Crippen LogP contribution in [0.25, 0.3) is 0 Å². The van der Waals surface area contributed by atoms with Crippen LogP contribution < -0.4 is 0 Å². The Bertz CT molecular complexity index is 877. The van der Waals surface area contributed by atoms with Crippen molar-refractivity contribution in [3.05, 3.63) is 80.0 Å². The maximum absolute atomic E-state index is 2.57. The second-order valence-electron chi connectivity index (χ2n) is 9.04. The van der Waals surface area contributed by atoms with Crippen LogP contribution in [0.1, 0.15) is 74.5 Å². The van der Waals surface area contributed by atoms with Gasteiger partial charge in [-0.3, -0.25) is 0 Å². The van der Waals surface area contributed by atoms with Crippen LogP contribution in [0.15, 0.2) is 63.3 Å². The summed E-state index contributed by atoms with van der Waals surface area (Å²) in [7, 11) is 0. The van der Waals surface area contributed by atoms with E-state index in [-0.39, 0.29) is 5.41 Å². The number of rotatable bonds is 1. The predicted molar refractivity (Wildman–Crippen MR) is 119 cm³/mol. The van der Waals surface area contributed by atoms with Crippen LogP contribution >= 0.6 is 22.6 Å². The zero-order chi connectivity index (χ0) is 17.9. The Kier molecular flexibility index (Phi) is 4.08. The zero-order valence-electron chi connectivity index (χ0n) is 15.8. The molecule has 0 amide bonds. The van der Waals surface area contributed by atoms with E-state index in [4.69, 9.17) is 0 Å². The lowest BCUT2D eigenvalue weighted by molar-refractivity contribution is 0.296. The van der Waals surface area contributed by atoms with E-state index in [1.54, 1.807) is 20.3 Å². The molecule has 4 aliphatic rings. The Labute approximate surface area is 171 Å². The van der Waals surface area contributed by atoms with Crippen LogP contribution in [0.4, 0.5) is 0 Å². The molecule has 0 aromatic heterocycles. The van der Waals surface area contributed by atoms with Gasteiger partial charge in [-0.1, -0.05) is 68.0 Å². The molecule has 0 aliphatic heterocycles. The molecule has 0 spiro atoms. The molecule has 0 saturated heterocycles. The summed E-state index contributed by atoms with van der Waals surface area (Å²) < 4.78 is 1.56. The third-order valence-electron chi connectivity index (χ3n) is 7.31. The lowest BCUT2D eigenvalue weighted by atomic mass is 9.71. The number of halogens is 1. The highest BCUT2D eigenvalue weighted by atomic mass is 127. The van der Waals surface area contributed by atoms with Gasteiger partial charge in [0.2, 0.25) is 0 Å². The summed E-state index contributed by atoms with van der Waals surface area (Å²) in [5, 5.41) is 0. The maximum atomic E-state index is 2.57. The van der Waals surface area contributed by atoms with Gasteiger partial charge in [0.15, 0.2) is 0 Å². The Hall–Kier alpha value is -1.09. The highest BCUT2D eigenvalue weighted by molar-refractivity contribution is 14.1. The van der Waals surface area contributed by atoms with Crippen LogP contribution in [0.5, 0.6) is 0 Å². The van der Waals surface area contributed by atoms with E-state index in [9.17, 15) is 0 Å². The molecular weight excluding hydrogens is 427 g/mol. The highest BCUT2D eigenvalue weighted by Crippen LogP contribution is 2.57. The van der Waals surface area contributed by atoms with Crippen LogP contribution in [-0.4, -0.2) is 0 Å². The third kappa shape index (κ3) is 2.61. The van der Waals surface area contributed by atoms with Crippen molar-refractivity contribution in [2.75, 3.05) is 0 Å². The Morgan fingerprint density at radius 1 is 1.12 bits per heavy atom. The molecule has 4 aliphatic carbocycles. The van der Waals surface area contributed by atoms with Crippen molar-refractivity contribution in [3.8, 4) is 0 Å². The number of hydrogen-bond donors (Lipinski definition) is 0. The van der Waals surface area contributed by atoms with Gasteiger partial charge in [-0.2, -0.15) is 0 Å². The fourth-order valence-electron chi connectivity index (χ4n) is 5.75. The van der Waals surface area contributed by atoms with Crippen molar-refractivity contribution in [2.24, 2.45) is 5.92 Å². The van der Waals surface area contributed by atoms with Gasteiger partial charge in [0, 0.05) is 5.92 Å². The van der Waals surface area contributed by atoms with E-state index in [2.05, 4.69) is 85.0 Å².